The normalized spacial score (nSPS) is 12.9. The standard InChI is InChI=1S/C14H20BrFN2O2/c1-14(2,3)20-13(19)18-8-10(7-17)9-4-5-11(15)12(16)6-9/h4-6,10H,7-8,17H2,1-3H3,(H,18,19). The molecule has 0 aliphatic carbocycles. The molecule has 0 heterocycles. The lowest BCUT2D eigenvalue weighted by atomic mass is 9.99. The summed E-state index contributed by atoms with van der Waals surface area (Å²) in [5.74, 6) is -0.511. The predicted octanol–water partition coefficient (Wildman–Crippen LogP) is 3.16. The summed E-state index contributed by atoms with van der Waals surface area (Å²) in [6, 6.07) is 4.82. The molecule has 0 aromatic heterocycles. The van der Waals surface area contributed by atoms with E-state index in [0.29, 0.717) is 17.6 Å². The summed E-state index contributed by atoms with van der Waals surface area (Å²) in [5.41, 5.74) is 5.87. The van der Waals surface area contributed by atoms with Crippen LogP contribution in [-0.2, 0) is 4.74 Å². The first-order valence-corrected chi connectivity index (χ1v) is 7.14. The van der Waals surface area contributed by atoms with Crippen LogP contribution in [0.1, 0.15) is 32.3 Å². The number of carbonyl (C=O) groups excluding carboxylic acids is 1. The maximum Gasteiger partial charge on any atom is 0.407 e. The van der Waals surface area contributed by atoms with Gasteiger partial charge < -0.3 is 15.8 Å². The Kier molecular flexibility index (Phi) is 5.95. The van der Waals surface area contributed by atoms with Crippen molar-refractivity contribution in [3.63, 3.8) is 0 Å². The third-order valence-electron chi connectivity index (χ3n) is 2.59. The molecule has 1 unspecified atom stereocenters. The van der Waals surface area contributed by atoms with Crippen LogP contribution in [0.25, 0.3) is 0 Å². The molecule has 112 valence electrons. The van der Waals surface area contributed by atoms with E-state index in [1.54, 1.807) is 32.9 Å². The Morgan fingerprint density at radius 3 is 2.65 bits per heavy atom. The van der Waals surface area contributed by atoms with Gasteiger partial charge in [-0.25, -0.2) is 9.18 Å². The van der Waals surface area contributed by atoms with Crippen LogP contribution in [0.15, 0.2) is 22.7 Å². The quantitative estimate of drug-likeness (QED) is 0.879. The van der Waals surface area contributed by atoms with Gasteiger partial charge in [-0.2, -0.15) is 0 Å². The molecule has 0 bridgehead atoms. The van der Waals surface area contributed by atoms with Crippen LogP contribution in [0, 0.1) is 5.82 Å². The van der Waals surface area contributed by atoms with Gasteiger partial charge in [0.15, 0.2) is 0 Å². The van der Waals surface area contributed by atoms with Crippen LogP contribution in [0.2, 0.25) is 0 Å². The number of amides is 1. The average Bonchev–Trinajstić information content (AvgIpc) is 2.32. The lowest BCUT2D eigenvalue weighted by molar-refractivity contribution is 0.0525. The van der Waals surface area contributed by atoms with Gasteiger partial charge in [0, 0.05) is 19.0 Å². The van der Waals surface area contributed by atoms with Crippen LogP contribution < -0.4 is 11.1 Å². The van der Waals surface area contributed by atoms with E-state index in [9.17, 15) is 9.18 Å². The summed E-state index contributed by atoms with van der Waals surface area (Å²) in [7, 11) is 0. The number of ether oxygens (including phenoxy) is 1. The van der Waals surface area contributed by atoms with Gasteiger partial charge in [-0.1, -0.05) is 6.07 Å². The molecular weight excluding hydrogens is 327 g/mol. The Labute approximate surface area is 127 Å². The summed E-state index contributed by atoms with van der Waals surface area (Å²) in [6.45, 7) is 5.97. The number of rotatable bonds is 4. The third-order valence-corrected chi connectivity index (χ3v) is 3.23. The van der Waals surface area contributed by atoms with Gasteiger partial charge in [0.05, 0.1) is 4.47 Å². The SMILES string of the molecule is CC(C)(C)OC(=O)NCC(CN)c1ccc(Br)c(F)c1. The molecule has 0 saturated carbocycles. The largest absolute Gasteiger partial charge is 0.444 e. The summed E-state index contributed by atoms with van der Waals surface area (Å²) in [4.78, 5) is 11.6. The van der Waals surface area contributed by atoms with E-state index in [2.05, 4.69) is 21.2 Å². The number of nitrogens with one attached hydrogen (secondary N) is 1. The number of halogens is 2. The van der Waals surface area contributed by atoms with Crippen molar-refractivity contribution in [3.05, 3.63) is 34.1 Å². The van der Waals surface area contributed by atoms with Crippen molar-refractivity contribution in [2.24, 2.45) is 5.73 Å². The topological polar surface area (TPSA) is 64.3 Å². The monoisotopic (exact) mass is 346 g/mol. The molecule has 20 heavy (non-hydrogen) atoms. The Bertz CT molecular complexity index is 475. The van der Waals surface area contributed by atoms with Gasteiger partial charge >= 0.3 is 6.09 Å². The first kappa shape index (κ1) is 16.9. The zero-order chi connectivity index (χ0) is 15.3. The minimum atomic E-state index is -0.550. The van der Waals surface area contributed by atoms with Crippen molar-refractivity contribution in [2.75, 3.05) is 13.1 Å². The van der Waals surface area contributed by atoms with Gasteiger partial charge in [-0.05, 0) is 54.4 Å². The molecule has 0 aliphatic heterocycles. The van der Waals surface area contributed by atoms with Crippen LogP contribution in [0.3, 0.4) is 0 Å². The number of nitrogens with two attached hydrogens (primary N) is 1. The lowest BCUT2D eigenvalue weighted by Gasteiger charge is -2.21. The van der Waals surface area contributed by atoms with Crippen molar-refractivity contribution in [3.8, 4) is 0 Å². The van der Waals surface area contributed by atoms with E-state index in [-0.39, 0.29) is 11.7 Å². The maximum atomic E-state index is 13.5. The molecule has 6 heteroatoms. The second-order valence-electron chi connectivity index (χ2n) is 5.49. The first-order valence-electron chi connectivity index (χ1n) is 6.35. The van der Waals surface area contributed by atoms with Gasteiger partial charge in [0.1, 0.15) is 11.4 Å². The highest BCUT2D eigenvalue weighted by atomic mass is 79.9. The number of alkyl carbamates (subject to hydrolysis) is 1. The second kappa shape index (κ2) is 7.04. The Morgan fingerprint density at radius 2 is 2.15 bits per heavy atom. The van der Waals surface area contributed by atoms with Gasteiger partial charge in [-0.15, -0.1) is 0 Å². The Balaban J connectivity index is 2.63. The molecule has 0 saturated heterocycles. The number of hydrogen-bond donors (Lipinski definition) is 2. The van der Waals surface area contributed by atoms with Crippen LogP contribution in [0.4, 0.5) is 9.18 Å². The van der Waals surface area contributed by atoms with Crippen LogP contribution in [-0.4, -0.2) is 24.8 Å². The maximum absolute atomic E-state index is 13.5. The molecule has 1 atom stereocenters. The summed E-state index contributed by atoms with van der Waals surface area (Å²) in [6.07, 6.45) is -0.506. The lowest BCUT2D eigenvalue weighted by Crippen LogP contribution is -2.36. The number of benzene rings is 1. The van der Waals surface area contributed by atoms with E-state index in [1.165, 1.54) is 6.07 Å². The zero-order valence-corrected chi connectivity index (χ0v) is 13.5. The van der Waals surface area contributed by atoms with Crippen LogP contribution >= 0.6 is 15.9 Å². The molecule has 1 amide bonds. The molecule has 4 nitrogen and oxygen atoms in total. The first-order chi connectivity index (χ1) is 9.23. The molecule has 0 fully saturated rings. The number of carbonyl (C=O) groups is 1. The van der Waals surface area contributed by atoms with Crippen molar-refractivity contribution < 1.29 is 13.9 Å². The van der Waals surface area contributed by atoms with Crippen molar-refractivity contribution in [2.45, 2.75) is 32.3 Å². The molecule has 3 N–H and O–H groups in total. The summed E-state index contributed by atoms with van der Waals surface area (Å²) in [5, 5.41) is 2.65. The fraction of sp³-hybridized carbons (Fsp3) is 0.500. The van der Waals surface area contributed by atoms with E-state index in [0.717, 1.165) is 5.56 Å². The van der Waals surface area contributed by atoms with E-state index in [4.69, 9.17) is 10.5 Å². The molecular formula is C14H20BrFN2O2. The molecule has 0 aliphatic rings. The van der Waals surface area contributed by atoms with Crippen LogP contribution in [0.5, 0.6) is 0 Å². The molecule has 1 aromatic rings. The van der Waals surface area contributed by atoms with Crippen molar-refractivity contribution >= 4 is 22.0 Å². The van der Waals surface area contributed by atoms with E-state index >= 15 is 0 Å². The van der Waals surface area contributed by atoms with Gasteiger partial charge in [0.2, 0.25) is 0 Å². The van der Waals surface area contributed by atoms with E-state index < -0.39 is 11.7 Å². The zero-order valence-electron chi connectivity index (χ0n) is 11.9. The summed E-state index contributed by atoms with van der Waals surface area (Å²) >= 11 is 3.10. The fourth-order valence-corrected chi connectivity index (χ4v) is 1.87. The number of hydrogen-bond acceptors (Lipinski definition) is 3. The van der Waals surface area contributed by atoms with Crippen molar-refractivity contribution in [1.29, 1.82) is 0 Å². The predicted molar refractivity (Wildman–Crippen MR) is 80.1 cm³/mol. The molecule has 1 rings (SSSR count). The third kappa shape index (κ3) is 5.46. The fourth-order valence-electron chi connectivity index (χ4n) is 1.62. The highest BCUT2D eigenvalue weighted by Crippen LogP contribution is 2.21. The molecule has 0 spiro atoms. The smallest absolute Gasteiger partial charge is 0.407 e. The average molecular weight is 347 g/mol. The highest BCUT2D eigenvalue weighted by Gasteiger charge is 2.18. The minimum Gasteiger partial charge on any atom is -0.444 e. The highest BCUT2D eigenvalue weighted by molar-refractivity contribution is 9.10. The Hall–Kier alpha value is -1.14. The van der Waals surface area contributed by atoms with Gasteiger partial charge in [0.25, 0.3) is 0 Å². The van der Waals surface area contributed by atoms with Gasteiger partial charge in [-0.3, -0.25) is 0 Å². The summed E-state index contributed by atoms with van der Waals surface area (Å²) < 4.78 is 19.0. The second-order valence-corrected chi connectivity index (χ2v) is 6.34. The van der Waals surface area contributed by atoms with Crippen molar-refractivity contribution in [1.82, 2.24) is 5.32 Å². The Morgan fingerprint density at radius 1 is 1.50 bits per heavy atom. The minimum absolute atomic E-state index is 0.162. The molecule has 0 radical (unpaired) electrons. The molecule has 1 aromatic carbocycles. The van der Waals surface area contributed by atoms with E-state index in [1.807, 2.05) is 0 Å².